The monoisotopic (exact) mass is 357 g/mol. The lowest BCUT2D eigenvalue weighted by Gasteiger charge is -2.31. The van der Waals surface area contributed by atoms with Crippen LogP contribution >= 0.6 is 0 Å². The van der Waals surface area contributed by atoms with Gasteiger partial charge in [0.05, 0.1) is 19.3 Å². The van der Waals surface area contributed by atoms with Gasteiger partial charge in [0.2, 0.25) is 5.91 Å². The minimum atomic E-state index is -0.208. The zero-order valence-corrected chi connectivity index (χ0v) is 14.8. The second kappa shape index (κ2) is 7.60. The Balaban J connectivity index is 1.47. The number of carbonyl (C=O) groups excluding carboxylic acids is 1. The van der Waals surface area contributed by atoms with Crippen LogP contribution in [0.15, 0.2) is 48.8 Å². The summed E-state index contributed by atoms with van der Waals surface area (Å²) < 4.78 is 21.3. The highest BCUT2D eigenvalue weighted by Gasteiger charge is 2.35. The van der Waals surface area contributed by atoms with Crippen LogP contribution in [0.2, 0.25) is 0 Å². The minimum Gasteiger partial charge on any atom is -0.379 e. The Hall–Kier alpha value is -2.18. The third-order valence-corrected chi connectivity index (χ3v) is 5.19. The maximum Gasteiger partial charge on any atom is 0.242 e. The van der Waals surface area contributed by atoms with Crippen LogP contribution in [-0.4, -0.2) is 59.2 Å². The topological polar surface area (TPSA) is 37.7 Å². The molecule has 1 aromatic heterocycles. The third kappa shape index (κ3) is 3.97. The highest BCUT2D eigenvalue weighted by atomic mass is 19.1. The second-order valence-corrected chi connectivity index (χ2v) is 7.27. The van der Waals surface area contributed by atoms with E-state index in [0.717, 1.165) is 18.7 Å². The number of benzene rings is 1. The van der Waals surface area contributed by atoms with Crippen molar-refractivity contribution in [2.24, 2.45) is 5.92 Å². The van der Waals surface area contributed by atoms with Crippen molar-refractivity contribution in [2.45, 2.75) is 19.1 Å². The first-order valence-corrected chi connectivity index (χ1v) is 9.12. The van der Waals surface area contributed by atoms with E-state index >= 15 is 0 Å². The van der Waals surface area contributed by atoms with Crippen molar-refractivity contribution in [3.8, 4) is 0 Å². The molecule has 4 rings (SSSR count). The van der Waals surface area contributed by atoms with E-state index in [9.17, 15) is 9.18 Å². The van der Waals surface area contributed by atoms with Crippen LogP contribution in [0.25, 0.3) is 0 Å². The van der Waals surface area contributed by atoms with E-state index in [1.807, 2.05) is 40.1 Å². The van der Waals surface area contributed by atoms with E-state index in [4.69, 9.17) is 4.74 Å². The summed E-state index contributed by atoms with van der Waals surface area (Å²) in [5.41, 5.74) is 0.961. The van der Waals surface area contributed by atoms with Gasteiger partial charge in [0.25, 0.3) is 0 Å². The van der Waals surface area contributed by atoms with Gasteiger partial charge >= 0.3 is 0 Å². The molecular formula is C20H24FN3O2. The van der Waals surface area contributed by atoms with Crippen molar-refractivity contribution in [1.82, 2.24) is 14.4 Å². The number of carbonyl (C=O) groups is 1. The van der Waals surface area contributed by atoms with Crippen molar-refractivity contribution < 1.29 is 13.9 Å². The molecule has 2 atom stereocenters. The van der Waals surface area contributed by atoms with E-state index in [-0.39, 0.29) is 23.7 Å². The Labute approximate surface area is 153 Å². The van der Waals surface area contributed by atoms with Crippen LogP contribution in [0, 0.1) is 11.7 Å². The summed E-state index contributed by atoms with van der Waals surface area (Å²) in [5, 5.41) is 0. The standard InChI is InChI=1S/C20H24FN3O2/c21-18-5-3-4-16(8-18)9-23-10-17-11-24(12-19(23)15-26-14-17)20(25)13-22-6-1-2-7-22/h1-8,17,19H,9-15H2/t17-,19+/m1/s1. The Kier molecular flexibility index (Phi) is 5.04. The van der Waals surface area contributed by atoms with Crippen molar-refractivity contribution in [2.75, 3.05) is 32.8 Å². The lowest BCUT2D eigenvalue weighted by Crippen LogP contribution is -2.46. The van der Waals surface area contributed by atoms with Gasteiger partial charge in [-0.3, -0.25) is 9.69 Å². The molecule has 1 amide bonds. The van der Waals surface area contributed by atoms with E-state index < -0.39 is 0 Å². The molecular weight excluding hydrogens is 333 g/mol. The summed E-state index contributed by atoms with van der Waals surface area (Å²) in [7, 11) is 0. The van der Waals surface area contributed by atoms with Gasteiger partial charge in [-0.05, 0) is 29.8 Å². The van der Waals surface area contributed by atoms with Crippen LogP contribution in [0.5, 0.6) is 0 Å². The van der Waals surface area contributed by atoms with Crippen molar-refractivity contribution in [3.63, 3.8) is 0 Å². The first-order chi connectivity index (χ1) is 12.7. The Bertz CT molecular complexity index is 749. The molecule has 6 heteroatoms. The molecule has 2 aliphatic rings. The molecule has 2 bridgehead atoms. The first kappa shape index (κ1) is 17.2. The Morgan fingerprint density at radius 3 is 2.77 bits per heavy atom. The average molecular weight is 357 g/mol. The molecule has 0 N–H and O–H groups in total. The number of hydrogen-bond donors (Lipinski definition) is 0. The van der Waals surface area contributed by atoms with Crippen LogP contribution in [0.1, 0.15) is 5.56 Å². The molecule has 2 fully saturated rings. The molecule has 1 aromatic carbocycles. The zero-order chi connectivity index (χ0) is 17.9. The molecule has 0 unspecified atom stereocenters. The van der Waals surface area contributed by atoms with Gasteiger partial charge in [0.15, 0.2) is 0 Å². The molecule has 3 heterocycles. The molecule has 2 aliphatic heterocycles. The number of rotatable bonds is 4. The molecule has 26 heavy (non-hydrogen) atoms. The fraction of sp³-hybridized carbons (Fsp3) is 0.450. The number of fused-ring (bicyclic) bond motifs is 3. The number of hydrogen-bond acceptors (Lipinski definition) is 3. The van der Waals surface area contributed by atoms with Crippen LogP contribution < -0.4 is 0 Å². The van der Waals surface area contributed by atoms with Crippen molar-refractivity contribution in [3.05, 3.63) is 60.2 Å². The van der Waals surface area contributed by atoms with Crippen LogP contribution in [0.3, 0.4) is 0 Å². The summed E-state index contributed by atoms with van der Waals surface area (Å²) in [4.78, 5) is 17.1. The molecule has 0 spiro atoms. The summed E-state index contributed by atoms with van der Waals surface area (Å²) in [6, 6.07) is 10.8. The normalized spacial score (nSPS) is 23.7. The molecule has 2 saturated heterocycles. The van der Waals surface area contributed by atoms with Gasteiger partial charge < -0.3 is 14.2 Å². The van der Waals surface area contributed by atoms with Crippen molar-refractivity contribution in [1.29, 1.82) is 0 Å². The number of amides is 1. The quantitative estimate of drug-likeness (QED) is 0.840. The smallest absolute Gasteiger partial charge is 0.242 e. The van der Waals surface area contributed by atoms with Gasteiger partial charge in [-0.2, -0.15) is 0 Å². The van der Waals surface area contributed by atoms with Gasteiger partial charge in [0.1, 0.15) is 12.4 Å². The molecule has 2 aromatic rings. The van der Waals surface area contributed by atoms with E-state index in [1.54, 1.807) is 12.1 Å². The lowest BCUT2D eigenvalue weighted by molar-refractivity contribution is -0.133. The lowest BCUT2D eigenvalue weighted by atomic mass is 10.1. The number of halogens is 1. The zero-order valence-electron chi connectivity index (χ0n) is 14.8. The van der Waals surface area contributed by atoms with Crippen LogP contribution in [-0.2, 0) is 22.6 Å². The average Bonchev–Trinajstić information content (AvgIpc) is 2.95. The predicted octanol–water partition coefficient (Wildman–Crippen LogP) is 1.99. The van der Waals surface area contributed by atoms with Gasteiger partial charge in [-0.25, -0.2) is 4.39 Å². The minimum absolute atomic E-state index is 0.138. The maximum atomic E-state index is 13.5. The summed E-state index contributed by atoms with van der Waals surface area (Å²) in [6.07, 6.45) is 3.83. The fourth-order valence-corrected chi connectivity index (χ4v) is 3.93. The van der Waals surface area contributed by atoms with Crippen LogP contribution in [0.4, 0.5) is 4.39 Å². The number of nitrogens with zero attached hydrogens (tertiary/aromatic N) is 3. The predicted molar refractivity (Wildman–Crippen MR) is 95.9 cm³/mol. The summed E-state index contributed by atoms with van der Waals surface area (Å²) in [5.74, 6) is 0.218. The van der Waals surface area contributed by atoms with E-state index in [1.165, 1.54) is 6.07 Å². The Morgan fingerprint density at radius 2 is 1.96 bits per heavy atom. The van der Waals surface area contributed by atoms with Gasteiger partial charge in [0, 0.05) is 44.5 Å². The molecule has 5 nitrogen and oxygen atoms in total. The molecule has 0 radical (unpaired) electrons. The summed E-state index contributed by atoms with van der Waals surface area (Å²) >= 11 is 0. The van der Waals surface area contributed by atoms with Gasteiger partial charge in [-0.1, -0.05) is 12.1 Å². The maximum absolute atomic E-state index is 13.5. The van der Waals surface area contributed by atoms with Crippen molar-refractivity contribution >= 4 is 5.91 Å². The highest BCUT2D eigenvalue weighted by Crippen LogP contribution is 2.22. The first-order valence-electron chi connectivity index (χ1n) is 9.12. The fourth-order valence-electron chi connectivity index (χ4n) is 3.93. The SMILES string of the molecule is O=C(Cn1cccc1)N1C[C@@H]2COC[C@H](C1)N(Cc1cccc(F)c1)C2. The van der Waals surface area contributed by atoms with Gasteiger partial charge in [-0.15, -0.1) is 0 Å². The second-order valence-electron chi connectivity index (χ2n) is 7.27. The van der Waals surface area contributed by atoms with E-state index in [2.05, 4.69) is 4.90 Å². The summed E-state index contributed by atoms with van der Waals surface area (Å²) in [6.45, 7) is 4.58. The third-order valence-electron chi connectivity index (χ3n) is 5.19. The molecule has 0 aliphatic carbocycles. The number of aromatic nitrogens is 1. The molecule has 0 saturated carbocycles. The molecule has 138 valence electrons. The Morgan fingerprint density at radius 1 is 1.12 bits per heavy atom. The van der Waals surface area contributed by atoms with E-state index in [0.29, 0.717) is 32.8 Å². The largest absolute Gasteiger partial charge is 0.379 e. The highest BCUT2D eigenvalue weighted by molar-refractivity contribution is 5.76. The number of ether oxygens (including phenoxy) is 1.